The fourth-order valence-electron chi connectivity index (χ4n) is 3.19. The first-order chi connectivity index (χ1) is 12.5. The number of rotatable bonds is 5. The van der Waals surface area contributed by atoms with Crippen LogP contribution in [0, 0.1) is 12.7 Å². The van der Waals surface area contributed by atoms with Crippen LogP contribution in [-0.2, 0) is 17.8 Å². The Bertz CT molecular complexity index is 956. The summed E-state index contributed by atoms with van der Waals surface area (Å²) in [6.07, 6.45) is 0. The molecule has 5 heteroatoms. The Labute approximate surface area is 152 Å². The highest BCUT2D eigenvalue weighted by Crippen LogP contribution is 2.24. The van der Waals surface area contributed by atoms with Gasteiger partial charge in [-0.1, -0.05) is 30.3 Å². The number of halogens is 1. The van der Waals surface area contributed by atoms with E-state index >= 15 is 0 Å². The molecule has 0 unspecified atom stereocenters. The molecule has 0 saturated heterocycles. The van der Waals surface area contributed by atoms with Crippen molar-refractivity contribution in [3.63, 3.8) is 0 Å². The van der Waals surface area contributed by atoms with Gasteiger partial charge in [-0.2, -0.15) is 0 Å². The van der Waals surface area contributed by atoms with Crippen LogP contribution < -0.4 is 0 Å². The van der Waals surface area contributed by atoms with Crippen molar-refractivity contribution in [2.24, 2.45) is 0 Å². The molecule has 0 saturated carbocycles. The Balaban J connectivity index is 1.96. The Hall–Kier alpha value is -2.79. The molecule has 0 atom stereocenters. The molecular weight excluding hydrogens is 331 g/mol. The van der Waals surface area contributed by atoms with E-state index in [2.05, 4.69) is 4.98 Å². The number of hydrogen-bond acceptors (Lipinski definition) is 4. The van der Waals surface area contributed by atoms with Gasteiger partial charge in [0.25, 0.3) is 0 Å². The van der Waals surface area contributed by atoms with E-state index in [1.165, 1.54) is 19.2 Å². The number of pyridine rings is 1. The highest BCUT2D eigenvalue weighted by atomic mass is 19.1. The number of hydrogen-bond donors (Lipinski definition) is 0. The molecule has 0 aliphatic rings. The summed E-state index contributed by atoms with van der Waals surface area (Å²) in [5.41, 5.74) is 3.72. The Morgan fingerprint density at radius 1 is 1.15 bits per heavy atom. The van der Waals surface area contributed by atoms with Crippen molar-refractivity contribution in [2.45, 2.75) is 20.0 Å². The van der Waals surface area contributed by atoms with E-state index in [0.717, 1.165) is 22.0 Å². The quantitative estimate of drug-likeness (QED) is 0.649. The zero-order chi connectivity index (χ0) is 18.7. The summed E-state index contributed by atoms with van der Waals surface area (Å²) in [5, 5.41) is 0.935. The van der Waals surface area contributed by atoms with Gasteiger partial charge in [0.15, 0.2) is 0 Å². The smallest absolute Gasteiger partial charge is 0.340 e. The largest absolute Gasteiger partial charge is 0.465 e. The lowest BCUT2D eigenvalue weighted by Gasteiger charge is -2.19. The number of nitrogens with zero attached hydrogens (tertiary/aromatic N) is 2. The average Bonchev–Trinajstić information content (AvgIpc) is 2.61. The molecule has 1 heterocycles. The van der Waals surface area contributed by atoms with E-state index in [1.54, 1.807) is 6.07 Å². The molecule has 0 amide bonds. The molecule has 0 fully saturated rings. The van der Waals surface area contributed by atoms with E-state index in [1.807, 2.05) is 49.2 Å². The molecule has 1 aromatic heterocycles. The van der Waals surface area contributed by atoms with Gasteiger partial charge in [-0.15, -0.1) is 0 Å². The van der Waals surface area contributed by atoms with Gasteiger partial charge in [0.1, 0.15) is 5.82 Å². The minimum Gasteiger partial charge on any atom is -0.465 e. The number of fused-ring (bicyclic) bond motifs is 1. The van der Waals surface area contributed by atoms with Crippen LogP contribution in [0.15, 0.2) is 48.5 Å². The second-order valence-electron chi connectivity index (χ2n) is 6.37. The van der Waals surface area contributed by atoms with E-state index in [0.29, 0.717) is 24.3 Å². The van der Waals surface area contributed by atoms with Crippen LogP contribution in [0.3, 0.4) is 0 Å². The van der Waals surface area contributed by atoms with Crippen molar-refractivity contribution in [3.05, 3.63) is 76.7 Å². The molecule has 2 aromatic carbocycles. The van der Waals surface area contributed by atoms with E-state index in [-0.39, 0.29) is 5.82 Å². The van der Waals surface area contributed by atoms with E-state index in [4.69, 9.17) is 4.74 Å². The molecule has 0 aliphatic carbocycles. The molecule has 0 spiro atoms. The highest BCUT2D eigenvalue weighted by molar-refractivity contribution is 5.98. The van der Waals surface area contributed by atoms with Crippen LogP contribution >= 0.6 is 0 Å². The third-order valence-electron chi connectivity index (χ3n) is 4.38. The van der Waals surface area contributed by atoms with Crippen LogP contribution in [-0.4, -0.2) is 30.0 Å². The summed E-state index contributed by atoms with van der Waals surface area (Å²) in [4.78, 5) is 19.0. The predicted molar refractivity (Wildman–Crippen MR) is 99.4 cm³/mol. The first kappa shape index (κ1) is 18.0. The summed E-state index contributed by atoms with van der Waals surface area (Å²) in [7, 11) is 3.29. The molecule has 0 N–H and O–H groups in total. The number of carbonyl (C=O) groups excluding carboxylic acids is 1. The molecule has 0 radical (unpaired) electrons. The van der Waals surface area contributed by atoms with Crippen LogP contribution in [0.1, 0.15) is 27.2 Å². The molecular formula is C21H21FN2O2. The number of esters is 1. The van der Waals surface area contributed by atoms with E-state index in [9.17, 15) is 9.18 Å². The number of benzene rings is 2. The van der Waals surface area contributed by atoms with Gasteiger partial charge in [-0.25, -0.2) is 9.18 Å². The molecule has 0 bridgehead atoms. The predicted octanol–water partition coefficient (Wildman–Crippen LogP) is 4.10. The Morgan fingerprint density at radius 2 is 1.92 bits per heavy atom. The molecule has 0 aliphatic heterocycles. The lowest BCUT2D eigenvalue weighted by Crippen LogP contribution is -2.21. The van der Waals surface area contributed by atoms with Crippen LogP contribution in [0.25, 0.3) is 10.9 Å². The SMILES string of the molecule is COC(=O)c1c(CN(C)Cc2cccc(F)c2)nc2ccccc2c1C. The zero-order valence-corrected chi connectivity index (χ0v) is 15.1. The van der Waals surface area contributed by atoms with Gasteiger partial charge in [-0.05, 0) is 43.3 Å². The maximum absolute atomic E-state index is 13.4. The maximum atomic E-state index is 13.4. The van der Waals surface area contributed by atoms with Crippen molar-refractivity contribution in [3.8, 4) is 0 Å². The van der Waals surface area contributed by atoms with Gasteiger partial charge in [0.2, 0.25) is 0 Å². The number of ether oxygens (including phenoxy) is 1. The molecule has 3 rings (SSSR count). The second-order valence-corrected chi connectivity index (χ2v) is 6.37. The molecule has 26 heavy (non-hydrogen) atoms. The minimum absolute atomic E-state index is 0.258. The summed E-state index contributed by atoms with van der Waals surface area (Å²) in [6, 6.07) is 14.2. The fraction of sp³-hybridized carbons (Fsp3) is 0.238. The molecule has 4 nitrogen and oxygen atoms in total. The van der Waals surface area contributed by atoms with E-state index < -0.39 is 5.97 Å². The van der Waals surface area contributed by atoms with Crippen molar-refractivity contribution >= 4 is 16.9 Å². The number of para-hydroxylation sites is 1. The number of aromatic nitrogens is 1. The number of methoxy groups -OCH3 is 1. The molecule has 134 valence electrons. The summed E-state index contributed by atoms with van der Waals surface area (Å²) < 4.78 is 18.4. The first-order valence-electron chi connectivity index (χ1n) is 8.39. The summed E-state index contributed by atoms with van der Waals surface area (Å²) in [5.74, 6) is -0.652. The van der Waals surface area contributed by atoms with Crippen LogP contribution in [0.2, 0.25) is 0 Å². The topological polar surface area (TPSA) is 42.4 Å². The van der Waals surface area contributed by atoms with Gasteiger partial charge >= 0.3 is 5.97 Å². The number of aryl methyl sites for hydroxylation is 1. The normalized spacial score (nSPS) is 11.1. The average molecular weight is 352 g/mol. The van der Waals surface area contributed by atoms with Gasteiger partial charge in [0, 0.05) is 18.5 Å². The monoisotopic (exact) mass is 352 g/mol. The van der Waals surface area contributed by atoms with Crippen molar-refractivity contribution in [1.82, 2.24) is 9.88 Å². The minimum atomic E-state index is -0.394. The third-order valence-corrected chi connectivity index (χ3v) is 4.38. The second kappa shape index (κ2) is 7.62. The standard InChI is InChI=1S/C21H21FN2O2/c1-14-17-9-4-5-10-18(17)23-19(20(14)21(25)26-3)13-24(2)12-15-7-6-8-16(22)11-15/h4-11H,12-13H2,1-3H3. The van der Waals surface area contributed by atoms with Crippen LogP contribution in [0.5, 0.6) is 0 Å². The van der Waals surface area contributed by atoms with Crippen molar-refractivity contribution in [1.29, 1.82) is 0 Å². The fourth-order valence-corrected chi connectivity index (χ4v) is 3.19. The Kier molecular flexibility index (Phi) is 5.28. The number of carbonyl (C=O) groups is 1. The highest BCUT2D eigenvalue weighted by Gasteiger charge is 2.20. The first-order valence-corrected chi connectivity index (χ1v) is 8.39. The maximum Gasteiger partial charge on any atom is 0.340 e. The lowest BCUT2D eigenvalue weighted by molar-refractivity contribution is 0.0597. The van der Waals surface area contributed by atoms with Crippen molar-refractivity contribution in [2.75, 3.05) is 14.2 Å². The summed E-state index contributed by atoms with van der Waals surface area (Å²) >= 11 is 0. The summed E-state index contributed by atoms with van der Waals surface area (Å²) in [6.45, 7) is 2.91. The van der Waals surface area contributed by atoms with Gasteiger partial charge in [-0.3, -0.25) is 9.88 Å². The van der Waals surface area contributed by atoms with Crippen LogP contribution in [0.4, 0.5) is 4.39 Å². The Morgan fingerprint density at radius 3 is 2.65 bits per heavy atom. The van der Waals surface area contributed by atoms with Crippen molar-refractivity contribution < 1.29 is 13.9 Å². The third kappa shape index (κ3) is 3.73. The van der Waals surface area contributed by atoms with Gasteiger partial charge in [0.05, 0.1) is 23.9 Å². The lowest BCUT2D eigenvalue weighted by atomic mass is 10.0. The van der Waals surface area contributed by atoms with Gasteiger partial charge < -0.3 is 4.74 Å². The zero-order valence-electron chi connectivity index (χ0n) is 15.1. The molecule has 3 aromatic rings.